The minimum absolute atomic E-state index is 0.0560. The molecule has 0 unspecified atom stereocenters. The van der Waals surface area contributed by atoms with Gasteiger partial charge in [0.1, 0.15) is 6.04 Å². The number of imide groups is 1. The molecule has 2 aliphatic heterocycles. The second-order valence-electron chi connectivity index (χ2n) is 9.12. The minimum Gasteiger partial charge on any atom is -0.369 e. The number of piperazine rings is 1. The highest BCUT2D eigenvalue weighted by molar-refractivity contribution is 6.23. The number of amides is 3. The van der Waals surface area contributed by atoms with Gasteiger partial charge in [0.2, 0.25) is 11.7 Å². The smallest absolute Gasteiger partial charge is 0.369 e. The van der Waals surface area contributed by atoms with E-state index in [2.05, 4.69) is 36.2 Å². The molecule has 198 valence electrons. The van der Waals surface area contributed by atoms with Gasteiger partial charge in [-0.25, -0.2) is 0 Å². The van der Waals surface area contributed by atoms with Crippen LogP contribution in [0.2, 0.25) is 0 Å². The second-order valence-corrected chi connectivity index (χ2v) is 9.12. The van der Waals surface area contributed by atoms with Gasteiger partial charge in [0.15, 0.2) is 0 Å². The topological polar surface area (TPSA) is 136 Å². The molecule has 11 nitrogen and oxygen atoms in total. The van der Waals surface area contributed by atoms with Crippen LogP contribution < -0.4 is 15.5 Å². The maximum Gasteiger partial charge on any atom is 0.391 e. The number of alkyl halides is 3. The van der Waals surface area contributed by atoms with Crippen LogP contribution in [0.3, 0.4) is 0 Å². The lowest BCUT2D eigenvalue weighted by Crippen LogP contribution is -2.49. The molecule has 0 aliphatic carbocycles. The number of nitrogens with one attached hydrogen (secondary N) is 3. The van der Waals surface area contributed by atoms with E-state index in [-0.39, 0.29) is 28.7 Å². The van der Waals surface area contributed by atoms with Crippen molar-refractivity contribution in [1.82, 2.24) is 30.8 Å². The van der Waals surface area contributed by atoms with E-state index in [1.165, 1.54) is 30.3 Å². The molecule has 38 heavy (non-hydrogen) atoms. The number of rotatable bonds is 6. The molecule has 3 amide bonds. The van der Waals surface area contributed by atoms with Crippen molar-refractivity contribution in [2.24, 2.45) is 0 Å². The molecule has 14 heteroatoms. The number of nitrogens with zero attached hydrogens (tertiary/aromatic N) is 5. The van der Waals surface area contributed by atoms with Gasteiger partial charge in [-0.15, -0.1) is 10.2 Å². The van der Waals surface area contributed by atoms with Crippen LogP contribution in [-0.2, 0) is 4.79 Å². The molecule has 2 aliphatic rings. The van der Waals surface area contributed by atoms with Gasteiger partial charge in [-0.05, 0) is 42.5 Å². The van der Waals surface area contributed by atoms with Crippen molar-refractivity contribution < 1.29 is 27.6 Å². The number of anilines is 2. The van der Waals surface area contributed by atoms with Crippen LogP contribution in [0.4, 0.5) is 24.5 Å². The van der Waals surface area contributed by atoms with Crippen molar-refractivity contribution in [2.45, 2.75) is 31.6 Å². The zero-order valence-electron chi connectivity index (χ0n) is 20.1. The molecule has 5 rings (SSSR count). The summed E-state index contributed by atoms with van der Waals surface area (Å²) in [5.74, 6) is -2.99. The van der Waals surface area contributed by atoms with Crippen LogP contribution in [-0.4, -0.2) is 81.1 Å². The Morgan fingerprint density at radius 3 is 2.45 bits per heavy atom. The number of aromatic nitrogens is 4. The van der Waals surface area contributed by atoms with Gasteiger partial charge in [-0.3, -0.25) is 19.3 Å². The molecule has 3 heterocycles. The van der Waals surface area contributed by atoms with Crippen LogP contribution >= 0.6 is 0 Å². The number of carbonyl (C=O) groups excluding carboxylic acids is 3. The van der Waals surface area contributed by atoms with Gasteiger partial charge in [0.25, 0.3) is 11.8 Å². The van der Waals surface area contributed by atoms with E-state index in [9.17, 15) is 27.6 Å². The summed E-state index contributed by atoms with van der Waals surface area (Å²) in [6.45, 7) is 4.23. The number of benzene rings is 2. The van der Waals surface area contributed by atoms with Gasteiger partial charge in [-0.2, -0.15) is 18.4 Å². The van der Waals surface area contributed by atoms with Crippen LogP contribution in [0.15, 0.2) is 42.5 Å². The Morgan fingerprint density at radius 1 is 1.13 bits per heavy atom. The van der Waals surface area contributed by atoms with Crippen LogP contribution in [0.1, 0.15) is 34.1 Å². The van der Waals surface area contributed by atoms with Gasteiger partial charge in [0, 0.05) is 36.9 Å². The molecule has 0 radical (unpaired) electrons. The molecule has 2 atom stereocenters. The lowest BCUT2D eigenvalue weighted by Gasteiger charge is -2.34. The standard InChI is InChI=1S/C24H23F3N8O3/c1-13-12-34(9-8-28-13)14-6-7-18(17(10-14)20-30-32-33-31-20)29-21(36)19(11-24(25,26)27)35-22(37)15-4-2-3-5-16(15)23(35)38/h2-7,10,13,19,28H,8-9,11-12H2,1H3,(H,29,36)(H,30,31,32,33)/t13-,19-/m0/s1. The fraction of sp³-hybridized carbons (Fsp3) is 0.333. The lowest BCUT2D eigenvalue weighted by molar-refractivity contribution is -0.151. The largest absolute Gasteiger partial charge is 0.391 e. The van der Waals surface area contributed by atoms with Crippen molar-refractivity contribution in [3.63, 3.8) is 0 Å². The fourth-order valence-corrected chi connectivity index (χ4v) is 4.69. The number of aromatic amines is 1. The molecule has 3 N–H and O–H groups in total. The Bertz CT molecular complexity index is 1340. The highest BCUT2D eigenvalue weighted by Gasteiger charge is 2.47. The summed E-state index contributed by atoms with van der Waals surface area (Å²) in [5.41, 5.74) is 1.10. The monoisotopic (exact) mass is 528 g/mol. The molecule has 2 aromatic carbocycles. The number of carbonyl (C=O) groups is 3. The third-order valence-corrected chi connectivity index (χ3v) is 6.45. The van der Waals surface area contributed by atoms with Crippen molar-refractivity contribution in [3.8, 4) is 11.4 Å². The van der Waals surface area contributed by atoms with E-state index in [1.807, 2.05) is 6.92 Å². The Hall–Kier alpha value is -4.33. The van der Waals surface area contributed by atoms with Gasteiger partial charge in [-0.1, -0.05) is 12.1 Å². The molecule has 1 saturated heterocycles. The molecule has 3 aromatic rings. The summed E-state index contributed by atoms with van der Waals surface area (Å²) in [4.78, 5) is 41.6. The summed E-state index contributed by atoms with van der Waals surface area (Å²) in [6, 6.07) is 8.71. The quantitative estimate of drug-likeness (QED) is 0.415. The van der Waals surface area contributed by atoms with Crippen LogP contribution in [0.25, 0.3) is 11.4 Å². The van der Waals surface area contributed by atoms with E-state index < -0.39 is 36.4 Å². The number of hydrogen-bond acceptors (Lipinski definition) is 8. The Labute approximate surface area is 214 Å². The van der Waals surface area contributed by atoms with E-state index >= 15 is 0 Å². The Balaban J connectivity index is 1.48. The molecular formula is C24H23F3N8O3. The maximum atomic E-state index is 13.6. The number of halogens is 3. The molecule has 1 aromatic heterocycles. The predicted molar refractivity (Wildman–Crippen MR) is 129 cm³/mol. The number of fused-ring (bicyclic) bond motifs is 1. The summed E-state index contributed by atoms with van der Waals surface area (Å²) in [6.07, 6.45) is -6.55. The first kappa shape index (κ1) is 25.3. The van der Waals surface area contributed by atoms with Crippen LogP contribution in [0, 0.1) is 0 Å². The Kier molecular flexibility index (Phi) is 6.57. The van der Waals surface area contributed by atoms with Gasteiger partial charge >= 0.3 is 6.18 Å². The molecular weight excluding hydrogens is 505 g/mol. The number of tetrazole rings is 1. The summed E-state index contributed by atoms with van der Waals surface area (Å²) in [5, 5.41) is 19.6. The Morgan fingerprint density at radius 2 is 1.84 bits per heavy atom. The third kappa shape index (κ3) is 4.94. The highest BCUT2D eigenvalue weighted by atomic mass is 19.4. The lowest BCUT2D eigenvalue weighted by atomic mass is 10.1. The van der Waals surface area contributed by atoms with Crippen molar-refractivity contribution in [2.75, 3.05) is 29.9 Å². The van der Waals surface area contributed by atoms with E-state index in [0.29, 0.717) is 17.0 Å². The normalized spacial score (nSPS) is 18.5. The molecule has 1 fully saturated rings. The SMILES string of the molecule is C[C@H]1CN(c2ccc(NC(=O)[C@H](CC(F)(F)F)N3C(=O)c4ccccc4C3=O)c(-c3nn[nH]n3)c2)CCN1. The van der Waals surface area contributed by atoms with Crippen molar-refractivity contribution >= 4 is 29.1 Å². The average molecular weight is 528 g/mol. The first-order valence-corrected chi connectivity index (χ1v) is 11.8. The number of H-pyrrole nitrogens is 1. The van der Waals surface area contributed by atoms with Gasteiger partial charge in [0.05, 0.1) is 23.2 Å². The molecule has 0 bridgehead atoms. The van der Waals surface area contributed by atoms with Crippen LogP contribution in [0.5, 0.6) is 0 Å². The summed E-state index contributed by atoms with van der Waals surface area (Å²) >= 11 is 0. The average Bonchev–Trinajstić information content (AvgIpc) is 3.50. The van der Waals surface area contributed by atoms with E-state index in [0.717, 1.165) is 18.8 Å². The van der Waals surface area contributed by atoms with Gasteiger partial charge < -0.3 is 15.5 Å². The first-order valence-electron chi connectivity index (χ1n) is 11.8. The van der Waals surface area contributed by atoms with E-state index in [4.69, 9.17) is 0 Å². The molecule has 0 saturated carbocycles. The van der Waals surface area contributed by atoms with Crippen molar-refractivity contribution in [3.05, 3.63) is 53.6 Å². The summed E-state index contributed by atoms with van der Waals surface area (Å²) in [7, 11) is 0. The predicted octanol–water partition coefficient (Wildman–Crippen LogP) is 2.22. The maximum absolute atomic E-state index is 13.6. The third-order valence-electron chi connectivity index (χ3n) is 6.45. The second kappa shape index (κ2) is 9.85. The molecule has 0 spiro atoms. The fourth-order valence-electron chi connectivity index (χ4n) is 4.69. The number of hydrogen-bond donors (Lipinski definition) is 3. The zero-order chi connectivity index (χ0) is 27.0. The zero-order valence-corrected chi connectivity index (χ0v) is 20.1. The minimum atomic E-state index is -4.84. The van der Waals surface area contributed by atoms with Crippen molar-refractivity contribution in [1.29, 1.82) is 0 Å². The highest BCUT2D eigenvalue weighted by Crippen LogP contribution is 2.34. The summed E-state index contributed by atoms with van der Waals surface area (Å²) < 4.78 is 40.7. The first-order chi connectivity index (χ1) is 18.1. The van der Waals surface area contributed by atoms with E-state index in [1.54, 1.807) is 12.1 Å².